The maximum absolute atomic E-state index is 12.9. The van der Waals surface area contributed by atoms with Crippen molar-refractivity contribution in [2.75, 3.05) is 17.7 Å². The molecule has 0 aliphatic rings. The topological polar surface area (TPSA) is 85.5 Å². The fraction of sp³-hybridized carbons (Fsp3) is 0.188. The van der Waals surface area contributed by atoms with Crippen LogP contribution < -0.4 is 10.6 Å². The van der Waals surface area contributed by atoms with Gasteiger partial charge in [0, 0.05) is 0 Å². The summed E-state index contributed by atoms with van der Waals surface area (Å²) in [6.45, 7) is 0. The Morgan fingerprint density at radius 3 is 2.28 bits per heavy atom. The molecule has 2 rings (SSSR count). The van der Waals surface area contributed by atoms with Gasteiger partial charge in [0.25, 0.3) is 0 Å². The third kappa shape index (κ3) is 4.46. The quantitative estimate of drug-likeness (QED) is 0.854. The van der Waals surface area contributed by atoms with Crippen LogP contribution in [0.2, 0.25) is 0 Å². The molecular formula is C16H14F3N3O3. The Hall–Kier alpha value is -3.10. The second kappa shape index (κ2) is 7.20. The minimum absolute atomic E-state index is 0.0376. The monoisotopic (exact) mass is 353 g/mol. The van der Waals surface area contributed by atoms with Crippen LogP contribution in [0.25, 0.3) is 0 Å². The summed E-state index contributed by atoms with van der Waals surface area (Å²) < 4.78 is 43.3. The average molecular weight is 353 g/mol. The van der Waals surface area contributed by atoms with Gasteiger partial charge in [0.05, 0.1) is 31.1 Å². The highest BCUT2D eigenvalue weighted by atomic mass is 19.4. The number of alkyl halides is 3. The SMILES string of the molecule is COC(=O)Cc1ccc(N(C(=O)C(F)(F)F)c2ccc(N)cn2)cc1. The average Bonchev–Trinajstić information content (AvgIpc) is 2.57. The molecule has 6 nitrogen and oxygen atoms in total. The van der Waals surface area contributed by atoms with Crippen LogP contribution in [0.5, 0.6) is 0 Å². The molecule has 132 valence electrons. The number of hydrogen-bond acceptors (Lipinski definition) is 5. The van der Waals surface area contributed by atoms with E-state index in [1.165, 1.54) is 43.5 Å². The Bertz CT molecular complexity index is 759. The molecule has 1 aromatic heterocycles. The molecule has 0 aliphatic carbocycles. The van der Waals surface area contributed by atoms with Crippen LogP contribution in [0.15, 0.2) is 42.6 Å². The first kappa shape index (κ1) is 18.2. The minimum atomic E-state index is -5.09. The zero-order valence-electron chi connectivity index (χ0n) is 13.1. The molecular weight excluding hydrogens is 339 g/mol. The Kier molecular flexibility index (Phi) is 5.26. The lowest BCUT2D eigenvalue weighted by Crippen LogP contribution is -2.38. The number of nitrogens with zero attached hydrogens (tertiary/aromatic N) is 2. The molecule has 0 saturated heterocycles. The van der Waals surface area contributed by atoms with Crippen LogP contribution in [-0.4, -0.2) is 30.1 Å². The standard InChI is InChI=1S/C16H14F3N3O3/c1-25-14(23)8-10-2-5-12(6-3-10)22(15(24)16(17,18)19)13-7-4-11(20)9-21-13/h2-7,9H,8,20H2,1H3. The number of esters is 1. The summed E-state index contributed by atoms with van der Waals surface area (Å²) in [6.07, 6.45) is -3.98. The Morgan fingerprint density at radius 1 is 1.16 bits per heavy atom. The number of amides is 1. The Balaban J connectivity index is 2.40. The number of pyridine rings is 1. The number of halogens is 3. The van der Waals surface area contributed by atoms with Gasteiger partial charge in [-0.05, 0) is 29.8 Å². The number of carbonyl (C=O) groups is 2. The number of hydrogen-bond donors (Lipinski definition) is 1. The second-order valence-electron chi connectivity index (χ2n) is 5.01. The van der Waals surface area contributed by atoms with Crippen molar-refractivity contribution in [3.8, 4) is 0 Å². The van der Waals surface area contributed by atoms with E-state index in [0.29, 0.717) is 10.5 Å². The van der Waals surface area contributed by atoms with Gasteiger partial charge in [-0.1, -0.05) is 12.1 Å². The van der Waals surface area contributed by atoms with Crippen molar-refractivity contribution in [2.45, 2.75) is 12.6 Å². The second-order valence-corrected chi connectivity index (χ2v) is 5.01. The summed E-state index contributed by atoms with van der Waals surface area (Å²) in [5.41, 5.74) is 6.20. The predicted molar refractivity (Wildman–Crippen MR) is 84.0 cm³/mol. The number of carbonyl (C=O) groups excluding carboxylic acids is 2. The molecule has 0 saturated carbocycles. The van der Waals surface area contributed by atoms with Gasteiger partial charge in [0.1, 0.15) is 5.82 Å². The van der Waals surface area contributed by atoms with Crippen molar-refractivity contribution < 1.29 is 27.5 Å². The van der Waals surface area contributed by atoms with E-state index < -0.39 is 18.1 Å². The zero-order chi connectivity index (χ0) is 18.6. The van der Waals surface area contributed by atoms with Crippen molar-refractivity contribution in [1.82, 2.24) is 4.98 Å². The molecule has 0 radical (unpaired) electrons. The molecule has 0 spiro atoms. The number of benzene rings is 1. The van der Waals surface area contributed by atoms with Gasteiger partial charge in [-0.2, -0.15) is 13.2 Å². The van der Waals surface area contributed by atoms with Crippen molar-refractivity contribution in [2.24, 2.45) is 0 Å². The largest absolute Gasteiger partial charge is 0.472 e. The highest BCUT2D eigenvalue weighted by Gasteiger charge is 2.44. The lowest BCUT2D eigenvalue weighted by Gasteiger charge is -2.23. The van der Waals surface area contributed by atoms with Gasteiger partial charge in [-0.3, -0.25) is 14.5 Å². The van der Waals surface area contributed by atoms with Crippen molar-refractivity contribution >= 4 is 29.1 Å². The zero-order valence-corrected chi connectivity index (χ0v) is 13.1. The van der Waals surface area contributed by atoms with E-state index in [-0.39, 0.29) is 23.6 Å². The minimum Gasteiger partial charge on any atom is -0.469 e. The fourth-order valence-corrected chi connectivity index (χ4v) is 2.01. The summed E-state index contributed by atoms with van der Waals surface area (Å²) in [5.74, 6) is -2.81. The van der Waals surface area contributed by atoms with Gasteiger partial charge in [-0.25, -0.2) is 4.98 Å². The number of nitrogens with two attached hydrogens (primary N) is 1. The third-order valence-electron chi connectivity index (χ3n) is 3.22. The van der Waals surface area contributed by atoms with E-state index in [0.717, 1.165) is 6.20 Å². The van der Waals surface area contributed by atoms with Crippen LogP contribution in [0.4, 0.5) is 30.4 Å². The van der Waals surface area contributed by atoms with Crippen LogP contribution in [0.1, 0.15) is 5.56 Å². The van der Waals surface area contributed by atoms with Crippen molar-refractivity contribution in [3.05, 3.63) is 48.2 Å². The molecule has 0 fully saturated rings. The van der Waals surface area contributed by atoms with Crippen LogP contribution >= 0.6 is 0 Å². The Labute approximate surface area is 141 Å². The molecule has 2 aromatic rings. The van der Waals surface area contributed by atoms with E-state index in [1.807, 2.05) is 0 Å². The van der Waals surface area contributed by atoms with Crippen LogP contribution in [0, 0.1) is 0 Å². The normalized spacial score (nSPS) is 11.0. The Morgan fingerprint density at radius 2 is 1.80 bits per heavy atom. The van der Waals surface area contributed by atoms with E-state index in [4.69, 9.17) is 5.73 Å². The maximum atomic E-state index is 12.9. The van der Waals surface area contributed by atoms with Crippen LogP contribution in [0.3, 0.4) is 0 Å². The molecule has 0 unspecified atom stereocenters. The lowest BCUT2D eigenvalue weighted by atomic mass is 10.1. The third-order valence-corrected chi connectivity index (χ3v) is 3.22. The lowest BCUT2D eigenvalue weighted by molar-refractivity contribution is -0.169. The van der Waals surface area contributed by atoms with Gasteiger partial charge >= 0.3 is 18.1 Å². The number of anilines is 3. The summed E-state index contributed by atoms with van der Waals surface area (Å²) in [4.78, 5) is 27.3. The van der Waals surface area contributed by atoms with Gasteiger partial charge in [0.15, 0.2) is 0 Å². The van der Waals surface area contributed by atoms with E-state index in [9.17, 15) is 22.8 Å². The molecule has 0 atom stereocenters. The molecule has 1 heterocycles. The van der Waals surface area contributed by atoms with Gasteiger partial charge in [0.2, 0.25) is 0 Å². The van der Waals surface area contributed by atoms with E-state index >= 15 is 0 Å². The number of aromatic nitrogens is 1. The summed E-state index contributed by atoms with van der Waals surface area (Å²) in [6, 6.07) is 7.99. The highest BCUT2D eigenvalue weighted by Crippen LogP contribution is 2.30. The van der Waals surface area contributed by atoms with Crippen molar-refractivity contribution in [1.29, 1.82) is 0 Å². The summed E-state index contributed by atoms with van der Waals surface area (Å²) in [7, 11) is 1.23. The summed E-state index contributed by atoms with van der Waals surface area (Å²) in [5, 5.41) is 0. The molecule has 0 aliphatic heterocycles. The number of nitrogen functional groups attached to an aromatic ring is 1. The van der Waals surface area contributed by atoms with Crippen LogP contribution in [-0.2, 0) is 20.7 Å². The molecule has 1 aromatic carbocycles. The summed E-state index contributed by atoms with van der Waals surface area (Å²) >= 11 is 0. The fourth-order valence-electron chi connectivity index (χ4n) is 2.01. The van der Waals surface area contributed by atoms with E-state index in [1.54, 1.807) is 0 Å². The molecule has 1 amide bonds. The first-order chi connectivity index (χ1) is 11.7. The maximum Gasteiger partial charge on any atom is 0.472 e. The molecule has 0 bridgehead atoms. The van der Waals surface area contributed by atoms with Gasteiger partial charge < -0.3 is 10.5 Å². The van der Waals surface area contributed by atoms with Crippen molar-refractivity contribution in [3.63, 3.8) is 0 Å². The number of ether oxygens (including phenoxy) is 1. The molecule has 25 heavy (non-hydrogen) atoms. The first-order valence-electron chi connectivity index (χ1n) is 7.01. The predicted octanol–water partition coefficient (Wildman–Crippen LogP) is 2.61. The molecule has 2 N–H and O–H groups in total. The van der Waals surface area contributed by atoms with E-state index in [2.05, 4.69) is 9.72 Å². The number of methoxy groups -OCH3 is 1. The number of rotatable bonds is 4. The smallest absolute Gasteiger partial charge is 0.469 e. The van der Waals surface area contributed by atoms with Gasteiger partial charge in [-0.15, -0.1) is 0 Å². The molecule has 9 heteroatoms. The first-order valence-corrected chi connectivity index (χ1v) is 7.01. The highest BCUT2D eigenvalue weighted by molar-refractivity contribution is 6.03.